The van der Waals surface area contributed by atoms with Gasteiger partial charge in [-0.1, -0.05) is 0 Å². The van der Waals surface area contributed by atoms with Crippen LogP contribution in [0.4, 0.5) is 10.1 Å². The summed E-state index contributed by atoms with van der Waals surface area (Å²) in [4.78, 5) is 2.32. The smallest absolute Gasteiger partial charge is 0.123 e. The van der Waals surface area contributed by atoms with Crippen LogP contribution in [-0.4, -0.2) is 25.2 Å². The molecule has 0 atom stereocenters. The van der Waals surface area contributed by atoms with Crippen molar-refractivity contribution in [1.82, 2.24) is 5.32 Å². The van der Waals surface area contributed by atoms with Crippen molar-refractivity contribution in [3.63, 3.8) is 0 Å². The fourth-order valence-electron chi connectivity index (χ4n) is 2.08. The maximum Gasteiger partial charge on any atom is 0.123 e. The summed E-state index contributed by atoms with van der Waals surface area (Å²) in [5.74, 6) is -0.174. The number of halogens is 1. The zero-order chi connectivity index (χ0) is 10.9. The molecule has 1 aliphatic heterocycles. The van der Waals surface area contributed by atoms with E-state index in [2.05, 4.69) is 24.1 Å². The number of rotatable bonds is 1. The minimum atomic E-state index is -0.174. The first kappa shape index (κ1) is 10.4. The molecule has 0 radical (unpaired) electrons. The quantitative estimate of drug-likeness (QED) is 0.759. The highest BCUT2D eigenvalue weighted by Gasteiger charge is 2.29. The van der Waals surface area contributed by atoms with Crippen LogP contribution in [0.25, 0.3) is 0 Å². The molecule has 82 valence electrons. The van der Waals surface area contributed by atoms with Gasteiger partial charge < -0.3 is 10.2 Å². The lowest BCUT2D eigenvalue weighted by Gasteiger charge is -2.44. The Labute approximate surface area is 90.1 Å². The van der Waals surface area contributed by atoms with Gasteiger partial charge in [-0.15, -0.1) is 0 Å². The van der Waals surface area contributed by atoms with Gasteiger partial charge in [0, 0.05) is 30.9 Å². The monoisotopic (exact) mass is 208 g/mol. The Hall–Kier alpha value is -1.09. The van der Waals surface area contributed by atoms with E-state index in [9.17, 15) is 4.39 Å². The van der Waals surface area contributed by atoms with Gasteiger partial charge in [-0.3, -0.25) is 0 Å². The zero-order valence-corrected chi connectivity index (χ0v) is 9.26. The Morgan fingerprint density at radius 1 is 1.27 bits per heavy atom. The first-order valence-electron chi connectivity index (χ1n) is 5.33. The van der Waals surface area contributed by atoms with E-state index in [-0.39, 0.29) is 11.4 Å². The molecule has 2 nitrogen and oxygen atoms in total. The van der Waals surface area contributed by atoms with Gasteiger partial charge in [-0.25, -0.2) is 4.39 Å². The van der Waals surface area contributed by atoms with Crippen molar-refractivity contribution in [1.29, 1.82) is 0 Å². The predicted molar refractivity (Wildman–Crippen MR) is 60.7 cm³/mol. The Kier molecular flexibility index (Phi) is 2.65. The van der Waals surface area contributed by atoms with Crippen molar-refractivity contribution < 1.29 is 4.39 Å². The van der Waals surface area contributed by atoms with E-state index in [1.165, 1.54) is 12.1 Å². The van der Waals surface area contributed by atoms with Crippen LogP contribution in [0.3, 0.4) is 0 Å². The Morgan fingerprint density at radius 3 is 2.53 bits per heavy atom. The van der Waals surface area contributed by atoms with Gasteiger partial charge in [0.15, 0.2) is 0 Å². The summed E-state index contributed by atoms with van der Waals surface area (Å²) in [6.07, 6.45) is 0. The summed E-state index contributed by atoms with van der Waals surface area (Å²) in [7, 11) is 0. The van der Waals surface area contributed by atoms with E-state index in [4.69, 9.17) is 0 Å². The van der Waals surface area contributed by atoms with Crippen LogP contribution in [0.2, 0.25) is 0 Å². The minimum absolute atomic E-state index is 0.0933. The summed E-state index contributed by atoms with van der Waals surface area (Å²) >= 11 is 0. The molecular weight excluding hydrogens is 191 g/mol. The number of benzene rings is 1. The SMILES string of the molecule is CC1(C)CNCCN1c1ccc(F)cc1. The van der Waals surface area contributed by atoms with E-state index in [1.807, 2.05) is 12.1 Å². The third kappa shape index (κ3) is 2.12. The second-order valence-electron chi connectivity index (χ2n) is 4.62. The van der Waals surface area contributed by atoms with Gasteiger partial charge in [-0.2, -0.15) is 0 Å². The van der Waals surface area contributed by atoms with Gasteiger partial charge in [0.2, 0.25) is 0 Å². The molecule has 1 fully saturated rings. The third-order valence-corrected chi connectivity index (χ3v) is 2.94. The summed E-state index contributed by atoms with van der Waals surface area (Å²) in [6.45, 7) is 7.31. The lowest BCUT2D eigenvalue weighted by atomic mass is 9.99. The molecule has 0 aliphatic carbocycles. The lowest BCUT2D eigenvalue weighted by molar-refractivity contribution is 0.380. The van der Waals surface area contributed by atoms with E-state index < -0.39 is 0 Å². The molecule has 3 heteroatoms. The molecule has 0 amide bonds. The van der Waals surface area contributed by atoms with Crippen molar-refractivity contribution in [3.05, 3.63) is 30.1 Å². The molecular formula is C12H17FN2. The number of piperazine rings is 1. The van der Waals surface area contributed by atoms with Crippen LogP contribution in [0.1, 0.15) is 13.8 Å². The Balaban J connectivity index is 2.25. The zero-order valence-electron chi connectivity index (χ0n) is 9.26. The van der Waals surface area contributed by atoms with Gasteiger partial charge >= 0.3 is 0 Å². The Morgan fingerprint density at radius 2 is 1.93 bits per heavy atom. The molecule has 0 spiro atoms. The number of nitrogens with one attached hydrogen (secondary N) is 1. The summed E-state index contributed by atoms with van der Waals surface area (Å²) in [5, 5.41) is 3.37. The fourth-order valence-corrected chi connectivity index (χ4v) is 2.08. The minimum Gasteiger partial charge on any atom is -0.364 e. The largest absolute Gasteiger partial charge is 0.364 e. The van der Waals surface area contributed by atoms with E-state index in [1.54, 1.807) is 0 Å². The van der Waals surface area contributed by atoms with Crippen molar-refractivity contribution in [2.45, 2.75) is 19.4 Å². The van der Waals surface area contributed by atoms with Gasteiger partial charge in [-0.05, 0) is 38.1 Å². The number of nitrogens with zero attached hydrogens (tertiary/aromatic N) is 1. The first-order chi connectivity index (χ1) is 7.09. The number of hydrogen-bond donors (Lipinski definition) is 1. The molecule has 1 aromatic carbocycles. The second-order valence-corrected chi connectivity index (χ2v) is 4.62. The molecule has 0 bridgehead atoms. The lowest BCUT2D eigenvalue weighted by Crippen LogP contribution is -2.58. The van der Waals surface area contributed by atoms with Crippen LogP contribution in [0, 0.1) is 5.82 Å². The predicted octanol–water partition coefficient (Wildman–Crippen LogP) is 2.01. The molecule has 1 aromatic rings. The summed E-state index contributed by atoms with van der Waals surface area (Å²) in [6, 6.07) is 6.74. The van der Waals surface area contributed by atoms with Crippen molar-refractivity contribution in [2.24, 2.45) is 0 Å². The fraction of sp³-hybridized carbons (Fsp3) is 0.500. The summed E-state index contributed by atoms with van der Waals surface area (Å²) < 4.78 is 12.8. The van der Waals surface area contributed by atoms with Crippen molar-refractivity contribution >= 4 is 5.69 Å². The average molecular weight is 208 g/mol. The maximum absolute atomic E-state index is 12.8. The van der Waals surface area contributed by atoms with Crippen molar-refractivity contribution in [2.75, 3.05) is 24.5 Å². The van der Waals surface area contributed by atoms with Crippen LogP contribution in [0.15, 0.2) is 24.3 Å². The molecule has 0 unspecified atom stereocenters. The third-order valence-electron chi connectivity index (χ3n) is 2.94. The van der Waals surface area contributed by atoms with Gasteiger partial charge in [0.25, 0.3) is 0 Å². The Bertz CT molecular complexity index is 332. The molecule has 1 aliphatic rings. The molecule has 0 aromatic heterocycles. The molecule has 1 heterocycles. The van der Waals surface area contributed by atoms with Gasteiger partial charge in [0.05, 0.1) is 0 Å². The van der Waals surface area contributed by atoms with Crippen molar-refractivity contribution in [3.8, 4) is 0 Å². The van der Waals surface area contributed by atoms with Crippen LogP contribution >= 0.6 is 0 Å². The normalized spacial score (nSPS) is 20.3. The molecule has 2 rings (SSSR count). The van der Waals surface area contributed by atoms with Crippen LogP contribution in [0.5, 0.6) is 0 Å². The molecule has 1 N–H and O–H groups in total. The maximum atomic E-state index is 12.8. The van der Waals surface area contributed by atoms with E-state index in [0.29, 0.717) is 0 Å². The second kappa shape index (κ2) is 3.81. The molecule has 15 heavy (non-hydrogen) atoms. The topological polar surface area (TPSA) is 15.3 Å². The van der Waals surface area contributed by atoms with E-state index in [0.717, 1.165) is 25.3 Å². The van der Waals surface area contributed by atoms with Crippen LogP contribution in [-0.2, 0) is 0 Å². The average Bonchev–Trinajstić information content (AvgIpc) is 2.19. The van der Waals surface area contributed by atoms with Gasteiger partial charge in [0.1, 0.15) is 5.82 Å². The number of hydrogen-bond acceptors (Lipinski definition) is 2. The molecule has 0 saturated carbocycles. The highest BCUT2D eigenvalue weighted by Crippen LogP contribution is 2.25. The summed E-state index contributed by atoms with van der Waals surface area (Å²) in [5.41, 5.74) is 1.19. The highest BCUT2D eigenvalue weighted by atomic mass is 19.1. The first-order valence-corrected chi connectivity index (χ1v) is 5.33. The standard InChI is InChI=1S/C12H17FN2/c1-12(2)9-14-7-8-15(12)11-5-3-10(13)4-6-11/h3-6,14H,7-9H2,1-2H3. The highest BCUT2D eigenvalue weighted by molar-refractivity contribution is 5.49. The molecule has 1 saturated heterocycles. The number of anilines is 1. The van der Waals surface area contributed by atoms with E-state index >= 15 is 0 Å². The van der Waals surface area contributed by atoms with Crippen LogP contribution < -0.4 is 10.2 Å².